The van der Waals surface area contributed by atoms with Crippen LogP contribution in [0.5, 0.6) is 5.75 Å². The number of hydrogen-bond acceptors (Lipinski definition) is 4. The highest BCUT2D eigenvalue weighted by Gasteiger charge is 2.08. The van der Waals surface area contributed by atoms with Crippen LogP contribution < -0.4 is 15.4 Å². The molecule has 0 aromatic heterocycles. The number of carbonyl (C=O) groups is 1. The minimum atomic E-state index is -0.465. The summed E-state index contributed by atoms with van der Waals surface area (Å²) in [4.78, 5) is 11.8. The van der Waals surface area contributed by atoms with Crippen molar-refractivity contribution in [2.24, 2.45) is 0 Å². The van der Waals surface area contributed by atoms with Gasteiger partial charge in [0.1, 0.15) is 17.4 Å². The standard InChI is InChI=1S/C15H17N3O2/c1-3-9-17-11-12(10-16)15(19)18-13-5-7-14(8-6-13)20-4-2/h3,5-8,11,17H,1,4,9H2,2H3,(H,18,19)/b12-11-. The van der Waals surface area contributed by atoms with Gasteiger partial charge in [0.2, 0.25) is 0 Å². The fraction of sp³-hybridized carbons (Fsp3) is 0.200. The van der Waals surface area contributed by atoms with Gasteiger partial charge >= 0.3 is 0 Å². The second kappa shape index (κ2) is 8.38. The molecule has 0 heterocycles. The molecule has 1 rings (SSSR count). The molecule has 0 aliphatic heterocycles. The van der Waals surface area contributed by atoms with Crippen molar-refractivity contribution in [2.45, 2.75) is 6.92 Å². The zero-order valence-corrected chi connectivity index (χ0v) is 11.3. The number of nitriles is 1. The van der Waals surface area contributed by atoms with E-state index in [1.54, 1.807) is 30.3 Å². The predicted octanol–water partition coefficient (Wildman–Crippen LogP) is 2.21. The summed E-state index contributed by atoms with van der Waals surface area (Å²) in [6.45, 7) is 6.50. The van der Waals surface area contributed by atoms with E-state index in [9.17, 15) is 4.79 Å². The summed E-state index contributed by atoms with van der Waals surface area (Å²) in [6.07, 6.45) is 3.00. The van der Waals surface area contributed by atoms with E-state index in [1.165, 1.54) is 6.20 Å². The van der Waals surface area contributed by atoms with E-state index >= 15 is 0 Å². The third-order valence-corrected chi connectivity index (χ3v) is 2.30. The number of hydrogen-bond donors (Lipinski definition) is 2. The zero-order chi connectivity index (χ0) is 14.8. The van der Waals surface area contributed by atoms with Crippen molar-refractivity contribution in [3.05, 3.63) is 48.7 Å². The molecule has 0 bridgehead atoms. The van der Waals surface area contributed by atoms with E-state index in [0.717, 1.165) is 5.75 Å². The lowest BCUT2D eigenvalue weighted by Gasteiger charge is -2.06. The highest BCUT2D eigenvalue weighted by atomic mass is 16.5. The van der Waals surface area contributed by atoms with Crippen LogP contribution in [0.1, 0.15) is 6.92 Å². The highest BCUT2D eigenvalue weighted by molar-refractivity contribution is 6.06. The third-order valence-electron chi connectivity index (χ3n) is 2.30. The Kier molecular flexibility index (Phi) is 6.42. The molecule has 2 N–H and O–H groups in total. The van der Waals surface area contributed by atoms with Crippen molar-refractivity contribution >= 4 is 11.6 Å². The zero-order valence-electron chi connectivity index (χ0n) is 11.3. The van der Waals surface area contributed by atoms with Gasteiger partial charge in [-0.05, 0) is 31.2 Å². The monoisotopic (exact) mass is 271 g/mol. The Morgan fingerprint density at radius 3 is 2.70 bits per heavy atom. The summed E-state index contributed by atoms with van der Waals surface area (Å²) in [5.74, 6) is 0.266. The number of ether oxygens (including phenoxy) is 1. The van der Waals surface area contributed by atoms with Crippen molar-refractivity contribution in [3.63, 3.8) is 0 Å². The quantitative estimate of drug-likeness (QED) is 0.345. The van der Waals surface area contributed by atoms with Crippen LogP contribution in [-0.2, 0) is 4.79 Å². The van der Waals surface area contributed by atoms with Gasteiger partial charge in [-0.15, -0.1) is 6.58 Å². The Balaban J connectivity index is 2.66. The van der Waals surface area contributed by atoms with Crippen LogP contribution in [0.15, 0.2) is 48.7 Å². The van der Waals surface area contributed by atoms with Crippen molar-refractivity contribution in [1.82, 2.24) is 5.32 Å². The number of carbonyl (C=O) groups excluding carboxylic acids is 1. The van der Waals surface area contributed by atoms with Crippen LogP contribution >= 0.6 is 0 Å². The number of nitrogens with zero attached hydrogens (tertiary/aromatic N) is 1. The smallest absolute Gasteiger partial charge is 0.267 e. The molecule has 0 aliphatic carbocycles. The number of nitrogens with one attached hydrogen (secondary N) is 2. The SMILES string of the molecule is C=CCN/C=C(/C#N)C(=O)Nc1ccc(OCC)cc1. The summed E-state index contributed by atoms with van der Waals surface area (Å²) in [5.41, 5.74) is 0.601. The van der Waals surface area contributed by atoms with Crippen molar-refractivity contribution in [1.29, 1.82) is 5.26 Å². The van der Waals surface area contributed by atoms with Crippen LogP contribution in [0.3, 0.4) is 0 Å². The van der Waals surface area contributed by atoms with Gasteiger partial charge < -0.3 is 15.4 Å². The van der Waals surface area contributed by atoms with E-state index in [1.807, 2.05) is 13.0 Å². The number of anilines is 1. The van der Waals surface area contributed by atoms with Crippen LogP contribution in [0.4, 0.5) is 5.69 Å². The topological polar surface area (TPSA) is 74.2 Å². The molecule has 104 valence electrons. The first-order valence-corrected chi connectivity index (χ1v) is 6.20. The lowest BCUT2D eigenvalue weighted by atomic mass is 10.2. The summed E-state index contributed by atoms with van der Waals surface area (Å²) in [6, 6.07) is 8.78. The maximum atomic E-state index is 11.8. The molecular weight excluding hydrogens is 254 g/mol. The molecule has 5 nitrogen and oxygen atoms in total. The fourth-order valence-corrected chi connectivity index (χ4v) is 1.39. The van der Waals surface area contributed by atoms with Crippen LogP contribution in [0.2, 0.25) is 0 Å². The fourth-order valence-electron chi connectivity index (χ4n) is 1.39. The highest BCUT2D eigenvalue weighted by Crippen LogP contribution is 2.16. The summed E-state index contributed by atoms with van der Waals surface area (Å²) < 4.78 is 5.30. The second-order valence-electron chi connectivity index (χ2n) is 3.78. The van der Waals surface area contributed by atoms with Gasteiger partial charge in [-0.1, -0.05) is 6.08 Å². The van der Waals surface area contributed by atoms with Gasteiger partial charge in [-0.3, -0.25) is 4.79 Å². The molecule has 0 saturated carbocycles. The van der Waals surface area contributed by atoms with Crippen molar-refractivity contribution < 1.29 is 9.53 Å². The maximum absolute atomic E-state index is 11.8. The van der Waals surface area contributed by atoms with Crippen LogP contribution in [0.25, 0.3) is 0 Å². The Hall–Kier alpha value is -2.74. The molecule has 0 spiro atoms. The minimum Gasteiger partial charge on any atom is -0.494 e. The number of amides is 1. The Morgan fingerprint density at radius 1 is 1.45 bits per heavy atom. The van der Waals surface area contributed by atoms with E-state index in [-0.39, 0.29) is 5.57 Å². The van der Waals surface area contributed by atoms with Gasteiger partial charge in [-0.25, -0.2) is 0 Å². The maximum Gasteiger partial charge on any atom is 0.267 e. The summed E-state index contributed by atoms with van der Waals surface area (Å²) >= 11 is 0. The molecule has 20 heavy (non-hydrogen) atoms. The van der Waals surface area contributed by atoms with Crippen molar-refractivity contribution in [2.75, 3.05) is 18.5 Å². The van der Waals surface area contributed by atoms with Gasteiger partial charge in [0.15, 0.2) is 0 Å². The average Bonchev–Trinajstić information content (AvgIpc) is 2.46. The number of rotatable bonds is 7. The molecule has 1 amide bonds. The molecule has 1 aromatic carbocycles. The average molecular weight is 271 g/mol. The molecule has 0 aliphatic rings. The van der Waals surface area contributed by atoms with Gasteiger partial charge in [0.05, 0.1) is 6.61 Å². The normalized spacial score (nSPS) is 10.3. The second-order valence-corrected chi connectivity index (χ2v) is 3.78. The molecule has 1 aromatic rings. The summed E-state index contributed by atoms with van der Waals surface area (Å²) in [5, 5.41) is 14.4. The molecular formula is C15H17N3O2. The lowest BCUT2D eigenvalue weighted by molar-refractivity contribution is -0.112. The van der Waals surface area contributed by atoms with Gasteiger partial charge in [0.25, 0.3) is 5.91 Å². The Labute approximate surface area is 118 Å². The van der Waals surface area contributed by atoms with E-state index in [2.05, 4.69) is 17.2 Å². The first-order chi connectivity index (χ1) is 9.71. The lowest BCUT2D eigenvalue weighted by Crippen LogP contribution is -2.16. The van der Waals surface area contributed by atoms with Gasteiger partial charge in [-0.2, -0.15) is 5.26 Å². The number of benzene rings is 1. The molecule has 0 atom stereocenters. The predicted molar refractivity (Wildman–Crippen MR) is 78.1 cm³/mol. The third kappa shape index (κ3) is 4.86. The molecule has 0 fully saturated rings. The van der Waals surface area contributed by atoms with Crippen LogP contribution in [-0.4, -0.2) is 19.1 Å². The minimum absolute atomic E-state index is 0.000680. The molecule has 0 saturated heterocycles. The van der Waals surface area contributed by atoms with Crippen molar-refractivity contribution in [3.8, 4) is 11.8 Å². The van der Waals surface area contributed by atoms with Gasteiger partial charge in [0, 0.05) is 18.4 Å². The first-order valence-electron chi connectivity index (χ1n) is 6.20. The summed E-state index contributed by atoms with van der Waals surface area (Å²) in [7, 11) is 0. The van der Waals surface area contributed by atoms with E-state index < -0.39 is 5.91 Å². The molecule has 0 radical (unpaired) electrons. The largest absolute Gasteiger partial charge is 0.494 e. The Bertz CT molecular complexity index is 527. The van der Waals surface area contributed by atoms with E-state index in [4.69, 9.17) is 10.00 Å². The van der Waals surface area contributed by atoms with E-state index in [0.29, 0.717) is 18.8 Å². The molecule has 5 heteroatoms. The molecule has 0 unspecified atom stereocenters. The van der Waals surface area contributed by atoms with Crippen LogP contribution in [0, 0.1) is 11.3 Å². The Morgan fingerprint density at radius 2 is 2.15 bits per heavy atom. The first kappa shape index (κ1) is 15.3.